The number of nitrogens with zero attached hydrogens (tertiary/aromatic N) is 2. The van der Waals surface area contributed by atoms with Crippen molar-refractivity contribution in [3.05, 3.63) is 49.6 Å². The van der Waals surface area contributed by atoms with Gasteiger partial charge in [0.2, 0.25) is 5.91 Å². The molecule has 1 aromatic carbocycles. The van der Waals surface area contributed by atoms with E-state index in [1.807, 2.05) is 19.9 Å². The van der Waals surface area contributed by atoms with E-state index >= 15 is 0 Å². The van der Waals surface area contributed by atoms with Crippen molar-refractivity contribution in [1.29, 1.82) is 0 Å². The summed E-state index contributed by atoms with van der Waals surface area (Å²) in [6, 6.07) is 5.40. The number of carbonyl (C=O) groups is 3. The van der Waals surface area contributed by atoms with Crippen LogP contribution in [0.1, 0.15) is 46.0 Å². The Labute approximate surface area is 257 Å². The number of esters is 1. The maximum atomic E-state index is 14.7. The lowest BCUT2D eigenvalue weighted by Gasteiger charge is -2.41. The molecule has 230 valence electrons. The number of amides is 2. The van der Waals surface area contributed by atoms with Gasteiger partial charge in [-0.3, -0.25) is 14.4 Å². The van der Waals surface area contributed by atoms with Crippen LogP contribution in [-0.4, -0.2) is 83.3 Å². The number of allylic oxidation sites excluding steroid dienone is 1. The average molecular weight is 648 g/mol. The third-order valence-corrected chi connectivity index (χ3v) is 9.93. The van der Waals surface area contributed by atoms with Crippen LogP contribution in [-0.2, 0) is 23.9 Å². The summed E-state index contributed by atoms with van der Waals surface area (Å²) in [4.78, 5) is 45.5. The van der Waals surface area contributed by atoms with Gasteiger partial charge >= 0.3 is 5.97 Å². The molecule has 3 unspecified atom stereocenters. The zero-order valence-corrected chi connectivity index (χ0v) is 26.3. The van der Waals surface area contributed by atoms with Gasteiger partial charge in [0.25, 0.3) is 5.91 Å². The predicted molar refractivity (Wildman–Crippen MR) is 163 cm³/mol. The van der Waals surface area contributed by atoms with Crippen molar-refractivity contribution in [3.8, 4) is 5.75 Å². The number of unbranched alkanes of at least 4 members (excludes halogenated alkanes) is 2. The number of hydrogen-bond acceptors (Lipinski definition) is 7. The Morgan fingerprint density at radius 2 is 1.98 bits per heavy atom. The van der Waals surface area contributed by atoms with Crippen LogP contribution in [0.15, 0.2) is 49.6 Å². The number of halogens is 1. The maximum Gasteiger partial charge on any atom is 0.312 e. The monoisotopic (exact) mass is 646 g/mol. The SMILES string of the molecule is C=CCCCCOC(=O)[C@H]1[C@H]2C(=O)N([C@@H](CO)[C@@H](C)CC)C(C(=O)N(CC=C)c3ccc(OC)cc3)C23CC(Br)[C@@H]1O3. The molecule has 1 aromatic rings. The van der Waals surface area contributed by atoms with Crippen molar-refractivity contribution in [2.45, 2.75) is 74.6 Å². The van der Waals surface area contributed by atoms with Gasteiger partial charge in [0.15, 0.2) is 0 Å². The van der Waals surface area contributed by atoms with Crippen LogP contribution in [0, 0.1) is 17.8 Å². The molecule has 0 aromatic heterocycles. The second-order valence-electron chi connectivity index (χ2n) is 11.4. The third-order valence-electron chi connectivity index (χ3n) is 9.09. The van der Waals surface area contributed by atoms with Crippen molar-refractivity contribution >= 4 is 39.4 Å². The van der Waals surface area contributed by atoms with Gasteiger partial charge in [0, 0.05) is 17.1 Å². The van der Waals surface area contributed by atoms with Crippen molar-refractivity contribution in [1.82, 2.24) is 4.90 Å². The number of likely N-dealkylation sites (tertiary alicyclic amines) is 1. The molecular formula is C32H43BrN2O7. The highest BCUT2D eigenvalue weighted by Gasteiger charge is 2.77. The average Bonchev–Trinajstić information content (AvgIpc) is 3.59. The lowest BCUT2D eigenvalue weighted by molar-refractivity contribution is -0.156. The molecule has 0 saturated carbocycles. The summed E-state index contributed by atoms with van der Waals surface area (Å²) in [5.74, 6) is -2.41. The Morgan fingerprint density at radius 3 is 2.57 bits per heavy atom. The minimum absolute atomic E-state index is 0.106. The van der Waals surface area contributed by atoms with Gasteiger partial charge in [-0.05, 0) is 55.9 Å². The van der Waals surface area contributed by atoms with Crippen LogP contribution in [0.3, 0.4) is 0 Å². The molecule has 8 atom stereocenters. The first-order chi connectivity index (χ1) is 20.2. The predicted octanol–water partition coefficient (Wildman–Crippen LogP) is 4.27. The number of benzene rings is 1. The largest absolute Gasteiger partial charge is 0.497 e. The van der Waals surface area contributed by atoms with Crippen molar-refractivity contribution in [3.63, 3.8) is 0 Å². The van der Waals surface area contributed by atoms with E-state index in [1.165, 1.54) is 4.90 Å². The first kappa shape index (κ1) is 32.2. The molecule has 2 amide bonds. The number of carbonyl (C=O) groups excluding carboxylic acids is 3. The molecule has 3 aliphatic heterocycles. The topological polar surface area (TPSA) is 106 Å². The van der Waals surface area contributed by atoms with Crippen molar-refractivity contribution in [2.24, 2.45) is 17.8 Å². The zero-order valence-electron chi connectivity index (χ0n) is 24.7. The number of alkyl halides is 1. The smallest absolute Gasteiger partial charge is 0.312 e. The molecule has 2 bridgehead atoms. The molecular weight excluding hydrogens is 604 g/mol. The Bertz CT molecular complexity index is 1160. The fourth-order valence-corrected chi connectivity index (χ4v) is 7.75. The van der Waals surface area contributed by atoms with Crippen LogP contribution in [0.4, 0.5) is 5.69 Å². The van der Waals surface area contributed by atoms with E-state index in [-0.39, 0.29) is 42.3 Å². The molecule has 1 N–H and O–H groups in total. The first-order valence-corrected chi connectivity index (χ1v) is 15.7. The van der Waals surface area contributed by atoms with E-state index in [0.29, 0.717) is 30.7 Å². The van der Waals surface area contributed by atoms with E-state index in [4.69, 9.17) is 14.2 Å². The van der Waals surface area contributed by atoms with Crippen LogP contribution in [0.25, 0.3) is 0 Å². The Morgan fingerprint density at radius 1 is 1.26 bits per heavy atom. The van der Waals surface area contributed by atoms with Crippen molar-refractivity contribution < 1.29 is 33.7 Å². The van der Waals surface area contributed by atoms with Gasteiger partial charge in [0.05, 0.1) is 44.3 Å². The summed E-state index contributed by atoms with van der Waals surface area (Å²) in [7, 11) is 1.57. The molecule has 3 aliphatic rings. The standard InChI is InChI=1S/C32H43BrN2O7/c1-6-9-10-11-17-41-31(39)25-26-29(37)35(24(19-36)20(4)8-3)28(32(26)18-23(33)27(25)42-32)30(38)34(16-7-2)21-12-14-22(40-5)15-13-21/h6-7,12-15,20,23-28,36H,1-2,8-11,16-19H2,3-5H3/t20-,23?,24-,25-,26-,27-,28?,32?/m0/s1. The molecule has 3 heterocycles. The molecule has 0 radical (unpaired) electrons. The van der Waals surface area contributed by atoms with Gasteiger partial charge in [-0.2, -0.15) is 0 Å². The number of hydrogen-bond donors (Lipinski definition) is 1. The highest BCUT2D eigenvalue weighted by Crippen LogP contribution is 2.61. The quantitative estimate of drug-likeness (QED) is 0.131. The molecule has 3 fully saturated rings. The van der Waals surface area contributed by atoms with Crippen LogP contribution in [0.2, 0.25) is 0 Å². The van der Waals surface area contributed by atoms with Gasteiger partial charge in [-0.15, -0.1) is 13.2 Å². The second-order valence-corrected chi connectivity index (χ2v) is 12.6. The molecule has 10 heteroatoms. The van der Waals surface area contributed by atoms with Crippen LogP contribution < -0.4 is 9.64 Å². The lowest BCUT2D eigenvalue weighted by Crippen LogP contribution is -2.60. The summed E-state index contributed by atoms with van der Waals surface area (Å²) in [6.07, 6.45) is 6.25. The zero-order chi connectivity index (χ0) is 30.6. The summed E-state index contributed by atoms with van der Waals surface area (Å²) in [6.45, 7) is 11.6. The number of fused-ring (bicyclic) bond motifs is 1. The van der Waals surface area contributed by atoms with E-state index < -0.39 is 41.6 Å². The highest BCUT2D eigenvalue weighted by molar-refractivity contribution is 9.09. The van der Waals surface area contributed by atoms with E-state index in [0.717, 1.165) is 12.8 Å². The third kappa shape index (κ3) is 5.65. The Kier molecular flexibility index (Phi) is 10.5. The number of ether oxygens (including phenoxy) is 3. The molecule has 4 rings (SSSR count). The second kappa shape index (κ2) is 13.7. The summed E-state index contributed by atoms with van der Waals surface area (Å²) in [5, 5.41) is 10.6. The van der Waals surface area contributed by atoms with Gasteiger partial charge < -0.3 is 29.1 Å². The number of methoxy groups -OCH3 is 1. The van der Waals surface area contributed by atoms with E-state index in [9.17, 15) is 19.5 Å². The molecule has 9 nitrogen and oxygen atoms in total. The van der Waals surface area contributed by atoms with E-state index in [2.05, 4.69) is 29.1 Å². The molecule has 1 spiro atoms. The molecule has 42 heavy (non-hydrogen) atoms. The minimum atomic E-state index is -1.26. The van der Waals surface area contributed by atoms with Gasteiger partial charge in [-0.1, -0.05) is 48.4 Å². The number of aliphatic hydroxyl groups excluding tert-OH is 1. The fraction of sp³-hybridized carbons (Fsp3) is 0.594. The van der Waals surface area contributed by atoms with Gasteiger partial charge in [0.1, 0.15) is 17.4 Å². The first-order valence-electron chi connectivity index (χ1n) is 14.8. The summed E-state index contributed by atoms with van der Waals surface area (Å²) < 4.78 is 17.6. The number of aliphatic hydroxyl groups is 1. The van der Waals surface area contributed by atoms with Crippen LogP contribution in [0.5, 0.6) is 5.75 Å². The summed E-state index contributed by atoms with van der Waals surface area (Å²) in [5.41, 5.74) is -0.651. The number of rotatable bonds is 15. The normalized spacial score (nSPS) is 29.1. The fourth-order valence-electron chi connectivity index (χ4n) is 6.81. The number of anilines is 1. The minimum Gasteiger partial charge on any atom is -0.497 e. The Balaban J connectivity index is 1.76. The van der Waals surface area contributed by atoms with E-state index in [1.54, 1.807) is 42.4 Å². The van der Waals surface area contributed by atoms with Crippen molar-refractivity contribution in [2.75, 3.05) is 31.8 Å². The highest BCUT2D eigenvalue weighted by atomic mass is 79.9. The van der Waals surface area contributed by atoms with Gasteiger partial charge in [-0.25, -0.2) is 0 Å². The Hall–Kier alpha value is -2.69. The maximum absolute atomic E-state index is 14.7. The lowest BCUT2D eigenvalue weighted by atomic mass is 9.70. The molecule has 3 saturated heterocycles. The molecule has 0 aliphatic carbocycles. The van der Waals surface area contributed by atoms with Crippen LogP contribution >= 0.6 is 15.9 Å². The summed E-state index contributed by atoms with van der Waals surface area (Å²) >= 11 is 3.70.